The monoisotopic (exact) mass is 348 g/mol. The van der Waals surface area contributed by atoms with Gasteiger partial charge in [0.05, 0.1) is 6.10 Å². The molecule has 2 amide bonds. The molecule has 0 aromatic carbocycles. The van der Waals surface area contributed by atoms with E-state index in [1.54, 1.807) is 35.0 Å². The van der Waals surface area contributed by atoms with E-state index in [9.17, 15) is 14.7 Å². The highest BCUT2D eigenvalue weighted by molar-refractivity contribution is 5.88. The molecule has 5 nitrogen and oxygen atoms in total. The fraction of sp³-hybridized carbons (Fsp3) is 0.500. The summed E-state index contributed by atoms with van der Waals surface area (Å²) in [5.41, 5.74) is 0. The molecule has 0 spiro atoms. The summed E-state index contributed by atoms with van der Waals surface area (Å²) < 4.78 is 0. The van der Waals surface area contributed by atoms with Crippen LogP contribution in [-0.4, -0.2) is 59.0 Å². The average Bonchev–Trinajstić information content (AvgIpc) is 2.59. The van der Waals surface area contributed by atoms with Gasteiger partial charge in [0.2, 0.25) is 11.8 Å². The number of hydrogen-bond donors (Lipinski definition) is 1. The van der Waals surface area contributed by atoms with Gasteiger partial charge in [-0.25, -0.2) is 0 Å². The number of amides is 2. The molecule has 0 saturated heterocycles. The van der Waals surface area contributed by atoms with Crippen LogP contribution in [0.5, 0.6) is 0 Å². The molecule has 0 aromatic rings. The summed E-state index contributed by atoms with van der Waals surface area (Å²) in [5.74, 6) is -0.161. The molecule has 0 radical (unpaired) electrons. The number of carbonyl (C=O) groups is 2. The first kappa shape index (κ1) is 22.9. The second-order valence-electron chi connectivity index (χ2n) is 5.76. The van der Waals surface area contributed by atoms with E-state index >= 15 is 0 Å². The molecule has 0 aliphatic rings. The van der Waals surface area contributed by atoms with Gasteiger partial charge < -0.3 is 14.9 Å². The largest absolute Gasteiger partial charge is 0.389 e. The van der Waals surface area contributed by atoms with Crippen LogP contribution in [-0.2, 0) is 9.59 Å². The minimum atomic E-state index is -0.649. The maximum Gasteiger partial charge on any atom is 0.246 e. The maximum absolute atomic E-state index is 12.1. The summed E-state index contributed by atoms with van der Waals surface area (Å²) in [7, 11) is 0. The van der Waals surface area contributed by atoms with Crippen LogP contribution in [0.4, 0.5) is 0 Å². The zero-order valence-electron chi connectivity index (χ0n) is 15.6. The highest BCUT2D eigenvalue weighted by Crippen LogP contribution is 2.02. The molecule has 0 saturated carbocycles. The molecular weight excluding hydrogens is 316 g/mol. The van der Waals surface area contributed by atoms with Crippen molar-refractivity contribution in [3.63, 3.8) is 0 Å². The van der Waals surface area contributed by atoms with Gasteiger partial charge in [-0.1, -0.05) is 31.2 Å². The Bertz CT molecular complexity index is 481. The Hall–Kier alpha value is -2.14. The van der Waals surface area contributed by atoms with E-state index in [1.165, 1.54) is 12.2 Å². The fourth-order valence-electron chi connectivity index (χ4n) is 2.15. The van der Waals surface area contributed by atoms with Crippen LogP contribution in [0.15, 0.2) is 49.6 Å². The Balaban J connectivity index is 4.47. The lowest BCUT2D eigenvalue weighted by molar-refractivity contribution is -0.127. The number of nitrogens with zero attached hydrogens (tertiary/aromatic N) is 2. The lowest BCUT2D eigenvalue weighted by Crippen LogP contribution is -2.33. The number of aliphatic hydroxyl groups is 1. The predicted molar refractivity (Wildman–Crippen MR) is 103 cm³/mol. The first-order valence-electron chi connectivity index (χ1n) is 8.78. The third kappa shape index (κ3) is 11.1. The molecule has 25 heavy (non-hydrogen) atoms. The predicted octanol–water partition coefficient (Wildman–Crippen LogP) is 2.70. The molecule has 0 bridgehead atoms. The van der Waals surface area contributed by atoms with Gasteiger partial charge in [0.1, 0.15) is 0 Å². The van der Waals surface area contributed by atoms with Crippen molar-refractivity contribution in [3.8, 4) is 0 Å². The molecule has 0 fully saturated rings. The van der Waals surface area contributed by atoms with Crippen molar-refractivity contribution in [3.05, 3.63) is 49.6 Å². The summed E-state index contributed by atoms with van der Waals surface area (Å²) in [6.45, 7) is 13.1. The first-order valence-corrected chi connectivity index (χ1v) is 8.78. The molecule has 1 unspecified atom stereocenters. The van der Waals surface area contributed by atoms with Crippen LogP contribution in [0.1, 0.15) is 33.1 Å². The standard InChI is InChI=1S/C20H32N2O3/c1-5-8-11-19(24)21(14-6-2)16-9-10-17-22(15-7-3)20(25)13-12-18(4)23/h6-8,11-13,18,23H,2-3,5,9-10,14-17H2,1,4H3/b11-8+,13-12+. The van der Waals surface area contributed by atoms with Gasteiger partial charge in [-0.05, 0) is 32.3 Å². The summed E-state index contributed by atoms with van der Waals surface area (Å²) in [4.78, 5) is 27.6. The van der Waals surface area contributed by atoms with Gasteiger partial charge in [0, 0.05) is 32.3 Å². The van der Waals surface area contributed by atoms with Crippen molar-refractivity contribution >= 4 is 11.8 Å². The summed E-state index contributed by atoms with van der Waals surface area (Å²) in [5, 5.41) is 9.22. The van der Waals surface area contributed by atoms with E-state index in [2.05, 4.69) is 13.2 Å². The SMILES string of the molecule is C=CCN(CCCCN(CC=C)C(=O)/C=C/C(C)O)C(=O)/C=C/CC. The Morgan fingerprint density at radius 1 is 1.00 bits per heavy atom. The van der Waals surface area contributed by atoms with E-state index in [4.69, 9.17) is 0 Å². The van der Waals surface area contributed by atoms with E-state index in [0.717, 1.165) is 19.3 Å². The van der Waals surface area contributed by atoms with Gasteiger partial charge in [0.15, 0.2) is 0 Å². The Morgan fingerprint density at radius 3 is 1.88 bits per heavy atom. The summed E-state index contributed by atoms with van der Waals surface area (Å²) >= 11 is 0. The normalized spacial score (nSPS) is 12.3. The molecule has 0 aliphatic carbocycles. The Labute approximate surface area is 152 Å². The van der Waals surface area contributed by atoms with E-state index in [1.807, 2.05) is 13.0 Å². The van der Waals surface area contributed by atoms with Crippen molar-refractivity contribution in [2.75, 3.05) is 26.2 Å². The van der Waals surface area contributed by atoms with Crippen molar-refractivity contribution in [1.29, 1.82) is 0 Å². The van der Waals surface area contributed by atoms with Crippen LogP contribution >= 0.6 is 0 Å². The summed E-state index contributed by atoms with van der Waals surface area (Å²) in [6, 6.07) is 0. The van der Waals surface area contributed by atoms with Gasteiger partial charge in [-0.15, -0.1) is 13.2 Å². The summed E-state index contributed by atoms with van der Waals surface area (Å²) in [6.07, 6.45) is 11.4. The minimum Gasteiger partial charge on any atom is -0.389 e. The second-order valence-corrected chi connectivity index (χ2v) is 5.76. The van der Waals surface area contributed by atoms with Gasteiger partial charge in [-0.3, -0.25) is 9.59 Å². The number of unbranched alkanes of at least 4 members (excludes halogenated alkanes) is 1. The van der Waals surface area contributed by atoms with E-state index < -0.39 is 6.10 Å². The van der Waals surface area contributed by atoms with Crippen LogP contribution in [0.2, 0.25) is 0 Å². The quantitative estimate of drug-likeness (QED) is 0.316. The van der Waals surface area contributed by atoms with E-state index in [-0.39, 0.29) is 11.8 Å². The molecule has 140 valence electrons. The topological polar surface area (TPSA) is 60.9 Å². The number of carbonyl (C=O) groups excluding carboxylic acids is 2. The van der Waals surface area contributed by atoms with E-state index in [0.29, 0.717) is 26.2 Å². The Kier molecular flexibility index (Phi) is 13.0. The zero-order chi connectivity index (χ0) is 19.1. The second kappa shape index (κ2) is 14.2. The third-order valence-electron chi connectivity index (χ3n) is 3.44. The lowest BCUT2D eigenvalue weighted by Gasteiger charge is -2.22. The molecule has 1 atom stereocenters. The minimum absolute atomic E-state index is 0.0133. The molecular formula is C20H32N2O3. The van der Waals surface area contributed by atoms with Crippen LogP contribution in [0.3, 0.4) is 0 Å². The highest BCUT2D eigenvalue weighted by Gasteiger charge is 2.11. The van der Waals surface area contributed by atoms with Crippen molar-refractivity contribution < 1.29 is 14.7 Å². The smallest absolute Gasteiger partial charge is 0.246 e. The number of aliphatic hydroxyl groups excluding tert-OH is 1. The molecule has 0 heterocycles. The lowest BCUT2D eigenvalue weighted by atomic mass is 10.2. The maximum atomic E-state index is 12.1. The van der Waals surface area contributed by atoms with Crippen LogP contribution < -0.4 is 0 Å². The van der Waals surface area contributed by atoms with Crippen LogP contribution in [0, 0.1) is 0 Å². The number of allylic oxidation sites excluding steroid dienone is 1. The molecule has 5 heteroatoms. The third-order valence-corrected chi connectivity index (χ3v) is 3.44. The Morgan fingerprint density at radius 2 is 1.48 bits per heavy atom. The van der Waals surface area contributed by atoms with Crippen molar-refractivity contribution in [1.82, 2.24) is 9.80 Å². The van der Waals surface area contributed by atoms with Gasteiger partial charge in [-0.2, -0.15) is 0 Å². The average molecular weight is 348 g/mol. The van der Waals surface area contributed by atoms with Crippen molar-refractivity contribution in [2.24, 2.45) is 0 Å². The fourth-order valence-corrected chi connectivity index (χ4v) is 2.15. The van der Waals surface area contributed by atoms with Gasteiger partial charge >= 0.3 is 0 Å². The number of rotatable bonds is 13. The highest BCUT2D eigenvalue weighted by atomic mass is 16.3. The molecule has 0 rings (SSSR count). The molecule has 1 N–H and O–H groups in total. The zero-order valence-corrected chi connectivity index (χ0v) is 15.6. The molecule has 0 aromatic heterocycles. The van der Waals surface area contributed by atoms with Crippen molar-refractivity contribution in [2.45, 2.75) is 39.2 Å². The molecule has 0 aliphatic heterocycles. The van der Waals surface area contributed by atoms with Crippen LogP contribution in [0.25, 0.3) is 0 Å². The first-order chi connectivity index (χ1) is 12.0. The van der Waals surface area contributed by atoms with Gasteiger partial charge in [0.25, 0.3) is 0 Å². The number of hydrogen-bond acceptors (Lipinski definition) is 3.